The van der Waals surface area contributed by atoms with Crippen LogP contribution in [0.25, 0.3) is 0 Å². The third-order valence-electron chi connectivity index (χ3n) is 4.47. The van der Waals surface area contributed by atoms with Crippen molar-refractivity contribution >= 4 is 46.2 Å². The lowest BCUT2D eigenvalue weighted by atomic mass is 9.95. The summed E-state index contributed by atoms with van der Waals surface area (Å²) in [6.45, 7) is 0. The van der Waals surface area contributed by atoms with Crippen LogP contribution in [0.1, 0.15) is 42.5 Å². The number of nitrogens with one attached hydrogen (secondary N) is 2. The van der Waals surface area contributed by atoms with Gasteiger partial charge in [-0.3, -0.25) is 4.79 Å². The molecule has 1 saturated carbocycles. The number of halogens is 2. The Morgan fingerprint density at radius 2 is 1.72 bits per heavy atom. The number of carbonyl (C=O) groups excluding carboxylic acids is 1. The summed E-state index contributed by atoms with van der Waals surface area (Å²) in [6.07, 6.45) is 5.99. The van der Waals surface area contributed by atoms with Crippen molar-refractivity contribution in [3.8, 4) is 0 Å². The highest BCUT2D eigenvalue weighted by atomic mass is 35.5. The topological polar surface area (TPSA) is 67.1 Å². The van der Waals surface area contributed by atoms with Crippen molar-refractivity contribution in [2.45, 2.75) is 38.1 Å². The molecule has 4 N–H and O–H groups in total. The van der Waals surface area contributed by atoms with Crippen molar-refractivity contribution in [3.63, 3.8) is 0 Å². The number of carbonyl (C=O) groups is 1. The fraction of sp³-hybridized carbons (Fsp3) is 0.316. The van der Waals surface area contributed by atoms with Crippen LogP contribution in [-0.2, 0) is 0 Å². The maximum absolute atomic E-state index is 12.5. The number of amides is 1. The van der Waals surface area contributed by atoms with E-state index < -0.39 is 0 Å². The van der Waals surface area contributed by atoms with Gasteiger partial charge in [0.25, 0.3) is 5.91 Å². The van der Waals surface area contributed by atoms with Crippen molar-refractivity contribution in [3.05, 3.63) is 52.0 Å². The number of benzene rings is 2. The van der Waals surface area contributed by atoms with Crippen LogP contribution in [0.3, 0.4) is 0 Å². The molecule has 0 aliphatic heterocycles. The van der Waals surface area contributed by atoms with Crippen molar-refractivity contribution < 1.29 is 4.79 Å². The maximum atomic E-state index is 12.5. The van der Waals surface area contributed by atoms with Gasteiger partial charge in [0.05, 0.1) is 32.7 Å². The zero-order valence-corrected chi connectivity index (χ0v) is 15.3. The Morgan fingerprint density at radius 1 is 1.00 bits per heavy atom. The van der Waals surface area contributed by atoms with Crippen LogP contribution in [0.15, 0.2) is 36.4 Å². The molecule has 0 heterocycles. The average molecular weight is 378 g/mol. The molecular formula is C19H21Cl2N3O. The van der Waals surface area contributed by atoms with E-state index >= 15 is 0 Å². The van der Waals surface area contributed by atoms with Crippen molar-refractivity contribution in [1.29, 1.82) is 0 Å². The molecule has 0 aromatic heterocycles. The van der Waals surface area contributed by atoms with Gasteiger partial charge >= 0.3 is 0 Å². The molecule has 0 radical (unpaired) electrons. The lowest BCUT2D eigenvalue weighted by molar-refractivity contribution is 0.102. The predicted molar refractivity (Wildman–Crippen MR) is 106 cm³/mol. The van der Waals surface area contributed by atoms with Crippen LogP contribution in [0.5, 0.6) is 0 Å². The maximum Gasteiger partial charge on any atom is 0.257 e. The van der Waals surface area contributed by atoms with E-state index in [9.17, 15) is 4.79 Å². The molecule has 0 spiro atoms. The van der Waals surface area contributed by atoms with Gasteiger partial charge in [-0.15, -0.1) is 0 Å². The first-order chi connectivity index (χ1) is 12.0. The number of nitrogens with two attached hydrogens (primary N) is 1. The van der Waals surface area contributed by atoms with Crippen molar-refractivity contribution in [2.75, 3.05) is 16.4 Å². The molecule has 1 amide bonds. The average Bonchev–Trinajstić information content (AvgIpc) is 2.60. The van der Waals surface area contributed by atoms with Gasteiger partial charge < -0.3 is 16.4 Å². The van der Waals surface area contributed by atoms with Gasteiger partial charge in [-0.25, -0.2) is 0 Å². The number of hydrogen-bond acceptors (Lipinski definition) is 3. The first-order valence-electron chi connectivity index (χ1n) is 8.46. The van der Waals surface area contributed by atoms with E-state index in [1.54, 1.807) is 36.4 Å². The zero-order valence-electron chi connectivity index (χ0n) is 13.8. The highest BCUT2D eigenvalue weighted by Crippen LogP contribution is 2.33. The van der Waals surface area contributed by atoms with Gasteiger partial charge in [-0.1, -0.05) is 54.6 Å². The van der Waals surface area contributed by atoms with Crippen LogP contribution in [0.2, 0.25) is 10.0 Å². The minimum absolute atomic E-state index is 0.305. The van der Waals surface area contributed by atoms with Gasteiger partial charge in [0.15, 0.2) is 0 Å². The molecule has 2 aromatic carbocycles. The molecule has 2 aromatic rings. The van der Waals surface area contributed by atoms with E-state index in [0.717, 1.165) is 18.5 Å². The minimum atomic E-state index is -0.305. The SMILES string of the molecule is Nc1cc(Cl)c(NC(=O)c2ccccc2Cl)cc1NC1CCCCC1. The molecule has 6 heteroatoms. The molecule has 132 valence electrons. The molecule has 1 aliphatic carbocycles. The Kier molecular flexibility index (Phi) is 5.71. The third-order valence-corrected chi connectivity index (χ3v) is 5.11. The second kappa shape index (κ2) is 7.98. The molecule has 4 nitrogen and oxygen atoms in total. The summed E-state index contributed by atoms with van der Waals surface area (Å²) >= 11 is 12.3. The Bertz CT molecular complexity index is 773. The molecular weight excluding hydrogens is 357 g/mol. The Hall–Kier alpha value is -1.91. The lowest BCUT2D eigenvalue weighted by Crippen LogP contribution is -2.23. The Balaban J connectivity index is 1.80. The minimum Gasteiger partial charge on any atom is -0.397 e. The Labute approximate surface area is 157 Å². The molecule has 0 atom stereocenters. The van der Waals surface area contributed by atoms with E-state index in [-0.39, 0.29) is 5.91 Å². The fourth-order valence-corrected chi connectivity index (χ4v) is 3.55. The van der Waals surface area contributed by atoms with Gasteiger partial charge in [-0.2, -0.15) is 0 Å². The predicted octanol–water partition coefficient (Wildman–Crippen LogP) is 5.57. The smallest absolute Gasteiger partial charge is 0.257 e. The first kappa shape index (κ1) is 17.9. The standard InChI is InChI=1S/C19H21Cl2N3O/c20-14-9-5-4-8-13(14)19(25)24-17-11-18(16(22)10-15(17)21)23-12-6-2-1-3-7-12/h4-5,8-12,23H,1-3,6-7,22H2,(H,24,25). The number of nitrogen functional groups attached to an aromatic ring is 1. The van der Waals surface area contributed by atoms with Gasteiger partial charge in [0, 0.05) is 6.04 Å². The summed E-state index contributed by atoms with van der Waals surface area (Å²) in [5, 5.41) is 7.09. The highest BCUT2D eigenvalue weighted by Gasteiger charge is 2.17. The van der Waals surface area contributed by atoms with Gasteiger partial charge in [0.1, 0.15) is 0 Å². The van der Waals surface area contributed by atoms with E-state index in [0.29, 0.717) is 33.0 Å². The van der Waals surface area contributed by atoms with Crippen molar-refractivity contribution in [2.24, 2.45) is 0 Å². The van der Waals surface area contributed by atoms with E-state index in [4.69, 9.17) is 28.9 Å². The first-order valence-corrected chi connectivity index (χ1v) is 9.21. The van der Waals surface area contributed by atoms with Crippen LogP contribution >= 0.6 is 23.2 Å². The largest absolute Gasteiger partial charge is 0.397 e. The second-order valence-electron chi connectivity index (χ2n) is 6.33. The molecule has 0 saturated heterocycles. The zero-order chi connectivity index (χ0) is 17.8. The van der Waals surface area contributed by atoms with Gasteiger partial charge in [-0.05, 0) is 37.1 Å². The van der Waals surface area contributed by atoms with Crippen LogP contribution in [-0.4, -0.2) is 11.9 Å². The second-order valence-corrected chi connectivity index (χ2v) is 7.15. The molecule has 0 bridgehead atoms. The summed E-state index contributed by atoms with van der Waals surface area (Å²) in [5.41, 5.74) is 8.38. The normalized spacial score (nSPS) is 15.0. The monoisotopic (exact) mass is 377 g/mol. The molecule has 25 heavy (non-hydrogen) atoms. The Morgan fingerprint density at radius 3 is 2.44 bits per heavy atom. The van der Waals surface area contributed by atoms with E-state index in [1.165, 1.54) is 19.3 Å². The molecule has 1 aliphatic rings. The fourth-order valence-electron chi connectivity index (χ4n) is 3.11. The summed E-state index contributed by atoms with van der Waals surface area (Å²) in [6, 6.07) is 10.8. The van der Waals surface area contributed by atoms with Crippen LogP contribution in [0.4, 0.5) is 17.1 Å². The summed E-state index contributed by atoms with van der Waals surface area (Å²) in [7, 11) is 0. The van der Waals surface area contributed by atoms with Gasteiger partial charge in [0.2, 0.25) is 0 Å². The molecule has 3 rings (SSSR count). The van der Waals surface area contributed by atoms with Crippen LogP contribution < -0.4 is 16.4 Å². The quantitative estimate of drug-likeness (QED) is 0.609. The molecule has 0 unspecified atom stereocenters. The number of hydrogen-bond donors (Lipinski definition) is 3. The summed E-state index contributed by atoms with van der Waals surface area (Å²) < 4.78 is 0. The van der Waals surface area contributed by atoms with Crippen LogP contribution in [0, 0.1) is 0 Å². The number of anilines is 3. The lowest BCUT2D eigenvalue weighted by Gasteiger charge is -2.25. The van der Waals surface area contributed by atoms with Crippen molar-refractivity contribution in [1.82, 2.24) is 0 Å². The molecule has 1 fully saturated rings. The number of rotatable bonds is 4. The third kappa shape index (κ3) is 4.39. The highest BCUT2D eigenvalue weighted by molar-refractivity contribution is 6.36. The van der Waals surface area contributed by atoms with E-state index in [1.807, 2.05) is 0 Å². The summed E-state index contributed by atoms with van der Waals surface area (Å²) in [4.78, 5) is 12.5. The van der Waals surface area contributed by atoms with E-state index in [2.05, 4.69) is 10.6 Å². The summed E-state index contributed by atoms with van der Waals surface area (Å²) in [5.74, 6) is -0.305.